The highest BCUT2D eigenvalue weighted by Crippen LogP contribution is 2.42. The zero-order valence-corrected chi connectivity index (χ0v) is 11.4. The molecular formula is C20H14. The summed E-state index contributed by atoms with van der Waals surface area (Å²) in [6.07, 6.45) is 1.08. The van der Waals surface area contributed by atoms with Crippen LogP contribution < -0.4 is 0 Å². The van der Waals surface area contributed by atoms with Crippen molar-refractivity contribution in [2.45, 2.75) is 13.3 Å². The molecule has 0 fully saturated rings. The molecule has 0 atom stereocenters. The van der Waals surface area contributed by atoms with Crippen LogP contribution in [0.1, 0.15) is 16.7 Å². The van der Waals surface area contributed by atoms with Gasteiger partial charge in [0.05, 0.1) is 0 Å². The van der Waals surface area contributed by atoms with Crippen LogP contribution in [-0.2, 0) is 6.42 Å². The van der Waals surface area contributed by atoms with E-state index in [0.29, 0.717) is 0 Å². The summed E-state index contributed by atoms with van der Waals surface area (Å²) in [6, 6.07) is 20.3. The van der Waals surface area contributed by atoms with Gasteiger partial charge in [-0.1, -0.05) is 54.6 Å². The fourth-order valence-electron chi connectivity index (χ4n) is 3.93. The maximum atomic E-state index is 2.39. The molecule has 20 heavy (non-hydrogen) atoms. The largest absolute Gasteiger partial charge is 0.0614 e. The Labute approximate surface area is 117 Å². The molecular weight excluding hydrogens is 240 g/mol. The minimum atomic E-state index is 1.08. The molecule has 0 heterocycles. The molecule has 0 unspecified atom stereocenters. The number of hydrogen-bond acceptors (Lipinski definition) is 0. The molecule has 1 aliphatic rings. The molecule has 94 valence electrons. The van der Waals surface area contributed by atoms with Crippen LogP contribution >= 0.6 is 0 Å². The summed E-state index contributed by atoms with van der Waals surface area (Å²) in [5, 5.41) is 8.56. The van der Waals surface area contributed by atoms with Crippen molar-refractivity contribution in [3.8, 4) is 0 Å². The number of aryl methyl sites for hydroxylation is 1. The number of benzene rings is 4. The van der Waals surface area contributed by atoms with E-state index in [1.807, 2.05) is 0 Å². The highest BCUT2D eigenvalue weighted by atomic mass is 14.2. The van der Waals surface area contributed by atoms with Crippen LogP contribution in [0.2, 0.25) is 0 Å². The lowest BCUT2D eigenvalue weighted by Crippen LogP contribution is -1.85. The average Bonchev–Trinajstić information content (AvgIpc) is 2.83. The van der Waals surface area contributed by atoms with Crippen LogP contribution in [0.25, 0.3) is 32.3 Å². The van der Waals surface area contributed by atoms with Gasteiger partial charge in [0.2, 0.25) is 0 Å². The molecule has 0 amide bonds. The molecule has 0 aliphatic heterocycles. The molecule has 0 N–H and O–H groups in total. The van der Waals surface area contributed by atoms with Gasteiger partial charge >= 0.3 is 0 Å². The zero-order valence-electron chi connectivity index (χ0n) is 11.4. The molecule has 4 aromatic carbocycles. The lowest BCUT2D eigenvalue weighted by atomic mass is 9.94. The van der Waals surface area contributed by atoms with Crippen LogP contribution in [0.5, 0.6) is 0 Å². The molecule has 0 radical (unpaired) electrons. The van der Waals surface area contributed by atoms with Gasteiger partial charge < -0.3 is 0 Å². The van der Waals surface area contributed by atoms with Crippen LogP contribution in [0.3, 0.4) is 0 Å². The maximum absolute atomic E-state index is 2.39. The minimum Gasteiger partial charge on any atom is -0.0614 e. The van der Waals surface area contributed by atoms with Gasteiger partial charge in [-0.25, -0.2) is 0 Å². The normalized spacial score (nSPS) is 13.1. The first-order chi connectivity index (χ1) is 9.83. The number of rotatable bonds is 0. The van der Waals surface area contributed by atoms with E-state index in [2.05, 4.69) is 61.5 Å². The summed E-state index contributed by atoms with van der Waals surface area (Å²) < 4.78 is 0. The summed E-state index contributed by atoms with van der Waals surface area (Å²) in [7, 11) is 0. The highest BCUT2D eigenvalue weighted by molar-refractivity contribution is 6.22. The maximum Gasteiger partial charge on any atom is -0.00128 e. The van der Waals surface area contributed by atoms with E-state index >= 15 is 0 Å². The van der Waals surface area contributed by atoms with Crippen molar-refractivity contribution < 1.29 is 0 Å². The monoisotopic (exact) mass is 254 g/mol. The van der Waals surface area contributed by atoms with Crippen molar-refractivity contribution in [1.82, 2.24) is 0 Å². The summed E-state index contributed by atoms with van der Waals surface area (Å²) in [6.45, 7) is 2.22. The average molecular weight is 254 g/mol. The van der Waals surface area contributed by atoms with Gasteiger partial charge in [-0.3, -0.25) is 0 Å². The van der Waals surface area contributed by atoms with E-state index < -0.39 is 0 Å². The predicted molar refractivity (Wildman–Crippen MR) is 86.5 cm³/mol. The smallest absolute Gasteiger partial charge is 0.00128 e. The lowest BCUT2D eigenvalue weighted by Gasteiger charge is -2.09. The highest BCUT2D eigenvalue weighted by Gasteiger charge is 2.18. The van der Waals surface area contributed by atoms with Crippen LogP contribution in [0.15, 0.2) is 54.6 Å². The van der Waals surface area contributed by atoms with Gasteiger partial charge in [-0.2, -0.15) is 0 Å². The van der Waals surface area contributed by atoms with Crippen LogP contribution in [0, 0.1) is 6.92 Å². The first-order valence-electron chi connectivity index (χ1n) is 7.18. The van der Waals surface area contributed by atoms with E-state index in [1.165, 1.54) is 49.0 Å². The third kappa shape index (κ3) is 1.13. The lowest BCUT2D eigenvalue weighted by molar-refractivity contribution is 1.28. The van der Waals surface area contributed by atoms with Crippen molar-refractivity contribution in [3.05, 3.63) is 71.3 Å². The quantitative estimate of drug-likeness (QED) is 0.326. The van der Waals surface area contributed by atoms with Crippen LogP contribution in [0.4, 0.5) is 0 Å². The Morgan fingerprint density at radius 3 is 2.50 bits per heavy atom. The Balaban J connectivity index is 2.17. The van der Waals surface area contributed by atoms with E-state index in [4.69, 9.17) is 0 Å². The fourth-order valence-corrected chi connectivity index (χ4v) is 3.93. The standard InChI is InChI=1S/C20H14/c1-12-4-2-6-14-10-16-11-15-7-3-5-13-8-9-17(18(12)14)20(16)19(13)15/h2-10H,11H2,1H3. The predicted octanol–water partition coefficient (Wildman–Crippen LogP) is 5.36. The molecule has 1 aliphatic carbocycles. The van der Waals surface area contributed by atoms with Gasteiger partial charge in [0.25, 0.3) is 0 Å². The Morgan fingerprint density at radius 1 is 0.700 bits per heavy atom. The third-order valence-corrected chi connectivity index (χ3v) is 4.74. The second-order valence-corrected chi connectivity index (χ2v) is 5.89. The molecule has 0 aromatic heterocycles. The summed E-state index contributed by atoms with van der Waals surface area (Å²) >= 11 is 0. The molecule has 0 heteroatoms. The van der Waals surface area contributed by atoms with Crippen molar-refractivity contribution in [1.29, 1.82) is 0 Å². The van der Waals surface area contributed by atoms with Crippen LogP contribution in [-0.4, -0.2) is 0 Å². The molecule has 0 saturated carbocycles. The zero-order chi connectivity index (χ0) is 13.3. The second-order valence-electron chi connectivity index (χ2n) is 5.89. The number of fused-ring (bicyclic) bond motifs is 2. The molecule has 0 nitrogen and oxygen atoms in total. The Hall–Kier alpha value is -2.34. The van der Waals surface area contributed by atoms with Gasteiger partial charge in [-0.15, -0.1) is 0 Å². The SMILES string of the molecule is Cc1cccc2cc3c4c(ccc5cccc(c54)C3)c12. The van der Waals surface area contributed by atoms with Crippen molar-refractivity contribution in [2.24, 2.45) is 0 Å². The molecule has 4 aromatic rings. The Morgan fingerprint density at radius 2 is 1.55 bits per heavy atom. The molecule has 5 rings (SSSR count). The van der Waals surface area contributed by atoms with Crippen molar-refractivity contribution >= 4 is 32.3 Å². The van der Waals surface area contributed by atoms with Gasteiger partial charge in [0, 0.05) is 0 Å². The number of hydrogen-bond donors (Lipinski definition) is 0. The first kappa shape index (κ1) is 10.4. The third-order valence-electron chi connectivity index (χ3n) is 4.74. The van der Waals surface area contributed by atoms with E-state index in [1.54, 1.807) is 0 Å². The minimum absolute atomic E-state index is 1.08. The summed E-state index contributed by atoms with van der Waals surface area (Å²) in [5.41, 5.74) is 4.35. The van der Waals surface area contributed by atoms with Gasteiger partial charge in [-0.05, 0) is 62.4 Å². The molecule has 0 bridgehead atoms. The van der Waals surface area contributed by atoms with E-state index in [0.717, 1.165) is 6.42 Å². The second kappa shape index (κ2) is 3.40. The van der Waals surface area contributed by atoms with Crippen molar-refractivity contribution in [2.75, 3.05) is 0 Å². The molecule has 0 saturated heterocycles. The summed E-state index contributed by atoms with van der Waals surface area (Å²) in [4.78, 5) is 0. The van der Waals surface area contributed by atoms with Gasteiger partial charge in [0.15, 0.2) is 0 Å². The molecule has 0 spiro atoms. The first-order valence-corrected chi connectivity index (χ1v) is 7.18. The Kier molecular flexibility index (Phi) is 1.78. The van der Waals surface area contributed by atoms with Gasteiger partial charge in [0.1, 0.15) is 0 Å². The topological polar surface area (TPSA) is 0 Å². The van der Waals surface area contributed by atoms with Crippen molar-refractivity contribution in [3.63, 3.8) is 0 Å². The van der Waals surface area contributed by atoms with E-state index in [-0.39, 0.29) is 0 Å². The Bertz CT molecular complexity index is 1020. The summed E-state index contributed by atoms with van der Waals surface area (Å²) in [5.74, 6) is 0. The van der Waals surface area contributed by atoms with E-state index in [9.17, 15) is 0 Å². The fraction of sp³-hybridized carbons (Fsp3) is 0.100.